The number of hydrogen-bond acceptors (Lipinski definition) is 6. The molecule has 0 aliphatic heterocycles. The maximum atomic E-state index is 11.1. The van der Waals surface area contributed by atoms with Crippen molar-refractivity contribution >= 4 is 40.2 Å². The molecule has 24 heavy (non-hydrogen) atoms. The maximum Gasteiger partial charge on any atom is 0.310 e. The first-order valence-corrected chi connectivity index (χ1v) is 7.36. The highest BCUT2D eigenvalue weighted by Gasteiger charge is 2.16. The largest absolute Gasteiger partial charge is 0.481 e. The molecule has 0 saturated carbocycles. The predicted octanol–water partition coefficient (Wildman–Crippen LogP) is 3.90. The van der Waals surface area contributed by atoms with Gasteiger partial charge in [-0.25, -0.2) is 0 Å². The number of aliphatic carboxylic acids is 1. The minimum absolute atomic E-state index is 0.233. The zero-order valence-corrected chi connectivity index (χ0v) is 12.7. The summed E-state index contributed by atoms with van der Waals surface area (Å²) < 4.78 is 11.2. The van der Waals surface area contributed by atoms with Crippen LogP contribution in [-0.4, -0.2) is 21.0 Å². The van der Waals surface area contributed by atoms with Gasteiger partial charge in [0, 0.05) is 0 Å². The van der Waals surface area contributed by atoms with Gasteiger partial charge in [0.1, 0.15) is 11.0 Å². The number of carbonyl (C=O) groups is 1. The van der Waals surface area contributed by atoms with Crippen LogP contribution in [0.4, 0.5) is 12.0 Å². The highest BCUT2D eigenvalue weighted by molar-refractivity contribution is 5.81. The van der Waals surface area contributed by atoms with Gasteiger partial charge in [0.05, 0.1) is 5.92 Å². The minimum atomic E-state index is -0.886. The van der Waals surface area contributed by atoms with E-state index in [0.29, 0.717) is 22.2 Å². The molecule has 0 spiro atoms. The fourth-order valence-electron chi connectivity index (χ4n) is 2.43. The molecule has 0 fully saturated rings. The van der Waals surface area contributed by atoms with E-state index in [2.05, 4.69) is 15.3 Å². The highest BCUT2D eigenvalue weighted by atomic mass is 16.4. The van der Waals surface area contributed by atoms with Gasteiger partial charge in [-0.05, 0) is 36.8 Å². The first kappa shape index (κ1) is 14.3. The summed E-state index contributed by atoms with van der Waals surface area (Å²) in [4.78, 5) is 19.7. The van der Waals surface area contributed by atoms with Crippen LogP contribution in [0.3, 0.4) is 0 Å². The Balaban J connectivity index is 1.66. The normalized spacial score (nSPS) is 12.5. The average molecular weight is 323 g/mol. The Bertz CT molecular complexity index is 1020. The summed E-state index contributed by atoms with van der Waals surface area (Å²) in [5.41, 5.74) is 3.17. The number of para-hydroxylation sites is 2. The zero-order chi connectivity index (χ0) is 16.7. The van der Waals surface area contributed by atoms with Crippen molar-refractivity contribution < 1.29 is 18.7 Å². The van der Waals surface area contributed by atoms with Gasteiger partial charge in [-0.3, -0.25) is 10.1 Å². The molecule has 4 rings (SSSR count). The number of nitrogens with one attached hydrogen (secondary N) is 1. The van der Waals surface area contributed by atoms with Crippen LogP contribution in [-0.2, 0) is 4.79 Å². The van der Waals surface area contributed by atoms with E-state index in [1.165, 1.54) is 0 Å². The molecule has 1 unspecified atom stereocenters. The van der Waals surface area contributed by atoms with Crippen molar-refractivity contribution in [3.05, 3.63) is 48.0 Å². The van der Waals surface area contributed by atoms with Crippen molar-refractivity contribution in [2.24, 2.45) is 0 Å². The van der Waals surface area contributed by atoms with Crippen molar-refractivity contribution in [3.8, 4) is 0 Å². The van der Waals surface area contributed by atoms with Crippen molar-refractivity contribution in [1.29, 1.82) is 0 Å². The van der Waals surface area contributed by atoms with Crippen LogP contribution in [0.1, 0.15) is 18.4 Å². The second kappa shape index (κ2) is 5.38. The molecule has 0 saturated heterocycles. The molecule has 120 valence electrons. The Morgan fingerprint density at radius 2 is 1.71 bits per heavy atom. The smallest absolute Gasteiger partial charge is 0.310 e. The van der Waals surface area contributed by atoms with Crippen molar-refractivity contribution in [2.75, 3.05) is 5.32 Å². The third-order valence-corrected chi connectivity index (χ3v) is 3.79. The Morgan fingerprint density at radius 3 is 2.42 bits per heavy atom. The predicted molar refractivity (Wildman–Crippen MR) is 87.4 cm³/mol. The number of nitrogens with zero attached hydrogens (tertiary/aromatic N) is 2. The second-order valence-corrected chi connectivity index (χ2v) is 5.42. The van der Waals surface area contributed by atoms with Crippen LogP contribution < -0.4 is 5.32 Å². The molecule has 2 heterocycles. The van der Waals surface area contributed by atoms with Crippen molar-refractivity contribution in [1.82, 2.24) is 9.97 Å². The lowest BCUT2D eigenvalue weighted by Crippen LogP contribution is -2.06. The number of aromatic nitrogens is 2. The molecular formula is C17H13N3O4. The summed E-state index contributed by atoms with van der Waals surface area (Å²) in [6, 6.07) is 13.0. The van der Waals surface area contributed by atoms with Gasteiger partial charge in [-0.1, -0.05) is 18.2 Å². The van der Waals surface area contributed by atoms with Crippen LogP contribution in [0.2, 0.25) is 0 Å². The quantitative estimate of drug-likeness (QED) is 0.587. The molecule has 0 bridgehead atoms. The van der Waals surface area contributed by atoms with E-state index in [4.69, 9.17) is 13.9 Å². The lowest BCUT2D eigenvalue weighted by molar-refractivity contribution is -0.138. The summed E-state index contributed by atoms with van der Waals surface area (Å²) in [6.07, 6.45) is 0. The molecule has 7 nitrogen and oxygen atoms in total. The van der Waals surface area contributed by atoms with Gasteiger partial charge >= 0.3 is 18.0 Å². The van der Waals surface area contributed by atoms with Gasteiger partial charge in [0.2, 0.25) is 0 Å². The van der Waals surface area contributed by atoms with E-state index in [-0.39, 0.29) is 12.0 Å². The van der Waals surface area contributed by atoms with Gasteiger partial charge in [0.25, 0.3) is 0 Å². The Labute approximate surface area is 135 Å². The van der Waals surface area contributed by atoms with Gasteiger partial charge in [-0.15, -0.1) is 0 Å². The Kier molecular flexibility index (Phi) is 3.19. The Hall–Kier alpha value is -3.35. The molecule has 7 heteroatoms. The van der Waals surface area contributed by atoms with Gasteiger partial charge in [0.15, 0.2) is 11.2 Å². The minimum Gasteiger partial charge on any atom is -0.481 e. The maximum absolute atomic E-state index is 11.1. The van der Waals surface area contributed by atoms with E-state index >= 15 is 0 Å². The van der Waals surface area contributed by atoms with Crippen LogP contribution in [0.15, 0.2) is 51.3 Å². The molecule has 4 aromatic rings. The average Bonchev–Trinajstić information content (AvgIpc) is 3.15. The number of fused-ring (bicyclic) bond motifs is 2. The van der Waals surface area contributed by atoms with Crippen LogP contribution in [0.25, 0.3) is 22.2 Å². The molecule has 0 aliphatic rings. The molecule has 2 aromatic heterocycles. The van der Waals surface area contributed by atoms with Crippen LogP contribution >= 0.6 is 0 Å². The number of oxazole rings is 2. The fraction of sp³-hybridized carbons (Fsp3) is 0.118. The fourth-order valence-corrected chi connectivity index (χ4v) is 2.43. The van der Waals surface area contributed by atoms with Gasteiger partial charge in [-0.2, -0.15) is 9.97 Å². The molecule has 0 amide bonds. The van der Waals surface area contributed by atoms with E-state index in [9.17, 15) is 4.79 Å². The van der Waals surface area contributed by atoms with Gasteiger partial charge < -0.3 is 13.9 Å². The number of carboxylic acid groups (broad SMARTS) is 1. The van der Waals surface area contributed by atoms with E-state index < -0.39 is 11.9 Å². The molecule has 0 radical (unpaired) electrons. The molecule has 2 N–H and O–H groups in total. The van der Waals surface area contributed by atoms with Crippen molar-refractivity contribution in [3.63, 3.8) is 0 Å². The summed E-state index contributed by atoms with van der Waals surface area (Å²) in [6.45, 7) is 1.63. The highest BCUT2D eigenvalue weighted by Crippen LogP contribution is 2.27. The number of benzene rings is 2. The Morgan fingerprint density at radius 1 is 1.04 bits per heavy atom. The SMILES string of the molecule is CC(C(=O)O)c1ccc2oc(Nc3nc4ccccc4o3)nc2c1. The molecule has 1 atom stereocenters. The first-order valence-electron chi connectivity index (χ1n) is 7.36. The number of carboxylic acids is 1. The topological polar surface area (TPSA) is 101 Å². The van der Waals surface area contributed by atoms with E-state index in [1.54, 1.807) is 25.1 Å². The summed E-state index contributed by atoms with van der Waals surface area (Å²) in [5, 5.41) is 12.0. The number of anilines is 2. The van der Waals surface area contributed by atoms with E-state index in [0.717, 1.165) is 5.52 Å². The molecular weight excluding hydrogens is 310 g/mol. The monoisotopic (exact) mass is 323 g/mol. The third kappa shape index (κ3) is 2.45. The summed E-state index contributed by atoms with van der Waals surface area (Å²) in [7, 11) is 0. The number of hydrogen-bond donors (Lipinski definition) is 2. The molecule has 2 aromatic carbocycles. The molecule has 0 aliphatic carbocycles. The lowest BCUT2D eigenvalue weighted by atomic mass is 10.0. The number of rotatable bonds is 4. The zero-order valence-electron chi connectivity index (χ0n) is 12.7. The van der Waals surface area contributed by atoms with Crippen molar-refractivity contribution in [2.45, 2.75) is 12.8 Å². The summed E-state index contributed by atoms with van der Waals surface area (Å²) in [5.74, 6) is -1.50. The lowest BCUT2D eigenvalue weighted by Gasteiger charge is -2.04. The first-order chi connectivity index (χ1) is 11.6. The van der Waals surface area contributed by atoms with Crippen LogP contribution in [0.5, 0.6) is 0 Å². The van der Waals surface area contributed by atoms with E-state index in [1.807, 2.05) is 24.3 Å². The second-order valence-electron chi connectivity index (χ2n) is 5.42. The standard InChI is InChI=1S/C17H13N3O4/c1-9(15(21)22)10-6-7-14-12(8-10)19-17(24-14)20-16-18-11-4-2-3-5-13(11)23-16/h2-9H,1H3,(H,21,22)(H,18,19,20). The summed E-state index contributed by atoms with van der Waals surface area (Å²) >= 11 is 0. The van der Waals surface area contributed by atoms with Crippen LogP contribution in [0, 0.1) is 0 Å². The third-order valence-electron chi connectivity index (χ3n) is 3.79.